The van der Waals surface area contributed by atoms with Gasteiger partial charge in [-0.05, 0) is 24.6 Å². The summed E-state index contributed by atoms with van der Waals surface area (Å²) in [5.74, 6) is 0.480. The van der Waals surface area contributed by atoms with Gasteiger partial charge in [0.25, 0.3) is 0 Å². The van der Waals surface area contributed by atoms with Crippen molar-refractivity contribution in [2.24, 2.45) is 0 Å². The normalized spacial score (nSPS) is 11.7. The van der Waals surface area contributed by atoms with Gasteiger partial charge in [0.2, 0.25) is 10.0 Å². The Kier molecular flexibility index (Phi) is 3.98. The zero-order valence-corrected chi connectivity index (χ0v) is 11.1. The Bertz CT molecular complexity index is 650. The van der Waals surface area contributed by atoms with Crippen LogP contribution in [0.3, 0.4) is 0 Å². The summed E-state index contributed by atoms with van der Waals surface area (Å²) in [4.78, 5) is 3.90. The highest BCUT2D eigenvalue weighted by atomic mass is 32.2. The lowest BCUT2D eigenvalue weighted by Gasteiger charge is -2.05. The second-order valence-electron chi connectivity index (χ2n) is 3.97. The molecule has 0 aliphatic rings. The Morgan fingerprint density at radius 1 is 1.37 bits per heavy atom. The van der Waals surface area contributed by atoms with Crippen molar-refractivity contribution in [3.05, 3.63) is 47.7 Å². The number of hydrogen-bond acceptors (Lipinski definition) is 5. The molecule has 0 aromatic carbocycles. The average Bonchev–Trinajstić information content (AvgIpc) is 2.80. The minimum Gasteiger partial charge on any atom is -0.462 e. The molecule has 0 atom stereocenters. The Morgan fingerprint density at radius 2 is 2.05 bits per heavy atom. The number of sulfonamides is 1. The lowest BCUT2D eigenvalue weighted by molar-refractivity contribution is 0.244. The molecule has 2 rings (SSSR count). The van der Waals surface area contributed by atoms with Gasteiger partial charge < -0.3 is 9.52 Å². The van der Waals surface area contributed by atoms with E-state index in [1.54, 1.807) is 31.5 Å². The summed E-state index contributed by atoms with van der Waals surface area (Å²) in [5.41, 5.74) is 0.808. The molecule has 0 aliphatic carbocycles. The standard InChI is InChI=1S/C12H14N2O4S/c1-9-12(6-11(8-15)18-9)19(16,17)14-7-10-2-4-13-5-3-10/h2-6,14-15H,7-8H2,1H3. The number of aromatic nitrogens is 1. The first-order chi connectivity index (χ1) is 9.03. The number of aryl methyl sites for hydroxylation is 1. The minimum absolute atomic E-state index is 0.0469. The number of aliphatic hydroxyl groups excluding tert-OH is 1. The van der Waals surface area contributed by atoms with Crippen LogP contribution in [0.5, 0.6) is 0 Å². The van der Waals surface area contributed by atoms with Crippen molar-refractivity contribution < 1.29 is 17.9 Å². The Morgan fingerprint density at radius 3 is 2.63 bits per heavy atom. The molecule has 0 aliphatic heterocycles. The molecule has 2 heterocycles. The summed E-state index contributed by atoms with van der Waals surface area (Å²) < 4.78 is 31.8. The quantitative estimate of drug-likeness (QED) is 0.852. The predicted molar refractivity (Wildman–Crippen MR) is 67.6 cm³/mol. The second-order valence-corrected chi connectivity index (χ2v) is 5.71. The van der Waals surface area contributed by atoms with Gasteiger partial charge in [-0.25, -0.2) is 13.1 Å². The van der Waals surface area contributed by atoms with Crippen molar-refractivity contribution in [2.45, 2.75) is 25.0 Å². The van der Waals surface area contributed by atoms with E-state index in [2.05, 4.69) is 9.71 Å². The van der Waals surface area contributed by atoms with E-state index in [1.807, 2.05) is 0 Å². The summed E-state index contributed by atoms with van der Waals surface area (Å²) in [5, 5.41) is 8.93. The highest BCUT2D eigenvalue weighted by Gasteiger charge is 2.20. The van der Waals surface area contributed by atoms with Crippen LogP contribution >= 0.6 is 0 Å². The molecule has 0 saturated carbocycles. The molecule has 2 aromatic heterocycles. The molecule has 0 amide bonds. The smallest absolute Gasteiger partial charge is 0.244 e. The third-order valence-electron chi connectivity index (χ3n) is 2.58. The number of hydrogen-bond donors (Lipinski definition) is 2. The Hall–Kier alpha value is -1.70. The van der Waals surface area contributed by atoms with Gasteiger partial charge in [-0.15, -0.1) is 0 Å². The van der Waals surface area contributed by atoms with Crippen molar-refractivity contribution in [1.29, 1.82) is 0 Å². The van der Waals surface area contributed by atoms with Crippen LogP contribution in [0.25, 0.3) is 0 Å². The third-order valence-corrected chi connectivity index (χ3v) is 4.09. The van der Waals surface area contributed by atoms with Crippen LogP contribution in [0.1, 0.15) is 17.1 Å². The number of pyridine rings is 1. The van der Waals surface area contributed by atoms with E-state index in [0.717, 1.165) is 5.56 Å². The summed E-state index contributed by atoms with van der Waals surface area (Å²) in [6.45, 7) is 1.38. The van der Waals surface area contributed by atoms with Crippen LogP contribution in [-0.2, 0) is 23.2 Å². The molecule has 19 heavy (non-hydrogen) atoms. The first-order valence-corrected chi connectivity index (χ1v) is 7.10. The zero-order chi connectivity index (χ0) is 13.9. The summed E-state index contributed by atoms with van der Waals surface area (Å²) >= 11 is 0. The second kappa shape index (κ2) is 5.52. The summed E-state index contributed by atoms with van der Waals surface area (Å²) in [6.07, 6.45) is 3.19. The molecule has 6 nitrogen and oxygen atoms in total. The first-order valence-electron chi connectivity index (χ1n) is 5.61. The van der Waals surface area contributed by atoms with Gasteiger partial charge in [0.1, 0.15) is 23.0 Å². The molecule has 0 bridgehead atoms. The van der Waals surface area contributed by atoms with E-state index in [0.29, 0.717) is 0 Å². The maximum atomic E-state index is 12.1. The largest absolute Gasteiger partial charge is 0.462 e. The molecule has 0 fully saturated rings. The van der Waals surface area contributed by atoms with E-state index < -0.39 is 10.0 Å². The fourth-order valence-corrected chi connectivity index (χ4v) is 2.84. The van der Waals surface area contributed by atoms with Gasteiger partial charge in [-0.1, -0.05) is 0 Å². The number of rotatable bonds is 5. The van der Waals surface area contributed by atoms with Crippen molar-refractivity contribution in [2.75, 3.05) is 0 Å². The lowest BCUT2D eigenvalue weighted by atomic mass is 10.3. The van der Waals surface area contributed by atoms with Gasteiger partial charge >= 0.3 is 0 Å². The Balaban J connectivity index is 2.16. The molecular formula is C12H14N2O4S. The van der Waals surface area contributed by atoms with Crippen LogP contribution in [0.2, 0.25) is 0 Å². The van der Waals surface area contributed by atoms with Crippen LogP contribution < -0.4 is 4.72 Å². The van der Waals surface area contributed by atoms with E-state index in [1.165, 1.54) is 6.07 Å². The number of furan rings is 1. The van der Waals surface area contributed by atoms with Gasteiger partial charge in [0.15, 0.2) is 0 Å². The van der Waals surface area contributed by atoms with Crippen LogP contribution in [0.4, 0.5) is 0 Å². The zero-order valence-electron chi connectivity index (χ0n) is 10.3. The van der Waals surface area contributed by atoms with Crippen molar-refractivity contribution in [1.82, 2.24) is 9.71 Å². The third kappa shape index (κ3) is 3.19. The van der Waals surface area contributed by atoms with Crippen molar-refractivity contribution >= 4 is 10.0 Å². The van der Waals surface area contributed by atoms with Crippen molar-refractivity contribution in [3.63, 3.8) is 0 Å². The minimum atomic E-state index is -3.65. The summed E-state index contributed by atoms with van der Waals surface area (Å²) in [6, 6.07) is 4.78. The van der Waals surface area contributed by atoms with E-state index in [4.69, 9.17) is 9.52 Å². The van der Waals surface area contributed by atoms with Crippen molar-refractivity contribution in [3.8, 4) is 0 Å². The summed E-state index contributed by atoms with van der Waals surface area (Å²) in [7, 11) is -3.65. The maximum absolute atomic E-state index is 12.1. The van der Waals surface area contributed by atoms with Crippen LogP contribution in [0.15, 0.2) is 39.9 Å². The van der Waals surface area contributed by atoms with Crippen LogP contribution in [0, 0.1) is 6.92 Å². The molecular weight excluding hydrogens is 268 g/mol. The highest BCUT2D eigenvalue weighted by molar-refractivity contribution is 7.89. The topological polar surface area (TPSA) is 92.4 Å². The fourth-order valence-electron chi connectivity index (χ4n) is 1.63. The molecule has 7 heteroatoms. The van der Waals surface area contributed by atoms with Gasteiger partial charge in [0, 0.05) is 25.0 Å². The number of nitrogens with zero attached hydrogens (tertiary/aromatic N) is 1. The van der Waals surface area contributed by atoms with E-state index in [-0.39, 0.29) is 29.6 Å². The lowest BCUT2D eigenvalue weighted by Crippen LogP contribution is -2.23. The number of nitrogens with one attached hydrogen (secondary N) is 1. The van der Waals surface area contributed by atoms with E-state index >= 15 is 0 Å². The molecule has 2 aromatic rings. The Labute approximate surface area is 111 Å². The molecule has 0 radical (unpaired) electrons. The SMILES string of the molecule is Cc1oc(CO)cc1S(=O)(=O)NCc1ccncc1. The van der Waals surface area contributed by atoms with Crippen LogP contribution in [-0.4, -0.2) is 18.5 Å². The predicted octanol–water partition coefficient (Wildman–Crippen LogP) is 0.954. The highest BCUT2D eigenvalue weighted by Crippen LogP contribution is 2.20. The number of aliphatic hydroxyl groups is 1. The van der Waals surface area contributed by atoms with Gasteiger partial charge in [-0.3, -0.25) is 4.98 Å². The maximum Gasteiger partial charge on any atom is 0.244 e. The monoisotopic (exact) mass is 282 g/mol. The fraction of sp³-hybridized carbons (Fsp3) is 0.250. The van der Waals surface area contributed by atoms with Gasteiger partial charge in [-0.2, -0.15) is 0 Å². The van der Waals surface area contributed by atoms with E-state index in [9.17, 15) is 8.42 Å². The van der Waals surface area contributed by atoms with Gasteiger partial charge in [0.05, 0.1) is 0 Å². The molecule has 102 valence electrons. The molecule has 2 N–H and O–H groups in total. The molecule has 0 saturated heterocycles. The molecule has 0 unspecified atom stereocenters. The first kappa shape index (κ1) is 13.7. The molecule has 0 spiro atoms. The average molecular weight is 282 g/mol.